The van der Waals surface area contributed by atoms with Crippen LogP contribution < -0.4 is 10.1 Å². The van der Waals surface area contributed by atoms with E-state index in [0.717, 1.165) is 6.42 Å². The molecule has 1 atom stereocenters. The number of carboxylic acid groups (broad SMARTS) is 1. The van der Waals surface area contributed by atoms with E-state index >= 15 is 0 Å². The van der Waals surface area contributed by atoms with Crippen LogP contribution in [0.25, 0.3) is 0 Å². The summed E-state index contributed by atoms with van der Waals surface area (Å²) in [7, 11) is 0. The normalized spacial score (nSPS) is 11.8. The quantitative estimate of drug-likeness (QED) is 0.699. The lowest BCUT2D eigenvalue weighted by atomic mass is 10.1. The molecule has 0 bridgehead atoms. The van der Waals surface area contributed by atoms with Gasteiger partial charge in [0.05, 0.1) is 6.54 Å². The Morgan fingerprint density at radius 1 is 1.27 bits per heavy atom. The largest absolute Gasteiger partial charge is 0.478 e. The highest BCUT2D eigenvalue weighted by molar-refractivity contribution is 7.12. The van der Waals surface area contributed by atoms with Crippen LogP contribution in [0.4, 0.5) is 4.39 Å². The van der Waals surface area contributed by atoms with Gasteiger partial charge in [-0.3, -0.25) is 4.79 Å². The first-order chi connectivity index (χ1) is 12.3. The van der Waals surface area contributed by atoms with Gasteiger partial charge in [0.15, 0.2) is 0 Å². The van der Waals surface area contributed by atoms with Gasteiger partial charge in [-0.1, -0.05) is 0 Å². The average molecular weight is 379 g/mol. The zero-order valence-electron chi connectivity index (χ0n) is 14.8. The van der Waals surface area contributed by atoms with Gasteiger partial charge in [0.2, 0.25) is 12.0 Å². The smallest absolute Gasteiger partial charge is 0.346 e. The van der Waals surface area contributed by atoms with Crippen LogP contribution in [0.1, 0.15) is 28.2 Å². The molecule has 2 aromatic rings. The fourth-order valence-electron chi connectivity index (χ4n) is 2.52. The predicted octanol–water partition coefficient (Wildman–Crippen LogP) is 3.48. The number of nitrogens with one attached hydrogen (secondary N) is 1. The Balaban J connectivity index is 1.77. The van der Waals surface area contributed by atoms with Crippen molar-refractivity contribution >= 4 is 23.2 Å². The van der Waals surface area contributed by atoms with Gasteiger partial charge >= 0.3 is 5.97 Å². The van der Waals surface area contributed by atoms with Crippen LogP contribution in [-0.2, 0) is 16.0 Å². The van der Waals surface area contributed by atoms with E-state index in [1.54, 1.807) is 11.3 Å². The molecular formula is C19H22FNO4S. The van der Waals surface area contributed by atoms with Crippen molar-refractivity contribution in [2.24, 2.45) is 0 Å². The summed E-state index contributed by atoms with van der Waals surface area (Å²) >= 11 is 1.74. The van der Waals surface area contributed by atoms with Gasteiger partial charge < -0.3 is 15.2 Å². The summed E-state index contributed by atoms with van der Waals surface area (Å²) in [5.41, 5.74) is 1.25. The van der Waals surface area contributed by atoms with Crippen molar-refractivity contribution in [1.29, 1.82) is 0 Å². The van der Waals surface area contributed by atoms with E-state index in [-0.39, 0.29) is 18.2 Å². The molecule has 7 heteroatoms. The van der Waals surface area contributed by atoms with Crippen LogP contribution in [0.2, 0.25) is 0 Å². The molecule has 0 spiro atoms. The van der Waals surface area contributed by atoms with E-state index < -0.39 is 17.9 Å². The van der Waals surface area contributed by atoms with Gasteiger partial charge in [-0.05, 0) is 62.6 Å². The molecule has 0 aliphatic carbocycles. The van der Waals surface area contributed by atoms with Crippen molar-refractivity contribution < 1.29 is 23.8 Å². The Morgan fingerprint density at radius 3 is 2.54 bits per heavy atom. The van der Waals surface area contributed by atoms with Crippen molar-refractivity contribution in [3.8, 4) is 5.75 Å². The van der Waals surface area contributed by atoms with Gasteiger partial charge in [-0.25, -0.2) is 9.18 Å². The lowest BCUT2D eigenvalue weighted by Crippen LogP contribution is -2.40. The molecule has 1 amide bonds. The number of halogens is 1. The summed E-state index contributed by atoms with van der Waals surface area (Å²) < 4.78 is 18.2. The van der Waals surface area contributed by atoms with Crippen molar-refractivity contribution in [3.63, 3.8) is 0 Å². The Morgan fingerprint density at radius 2 is 1.96 bits per heavy atom. The Bertz CT molecular complexity index is 757. The molecule has 0 fully saturated rings. The van der Waals surface area contributed by atoms with E-state index in [0.29, 0.717) is 12.8 Å². The Hall–Kier alpha value is -2.41. The number of aliphatic carboxylic acids is 1. The van der Waals surface area contributed by atoms with Crippen LogP contribution in [0.3, 0.4) is 0 Å². The fraction of sp³-hybridized carbons (Fsp3) is 0.368. The number of ether oxygens (including phenoxy) is 1. The monoisotopic (exact) mass is 379 g/mol. The topological polar surface area (TPSA) is 75.6 Å². The predicted molar refractivity (Wildman–Crippen MR) is 98.2 cm³/mol. The maximum Gasteiger partial charge on any atom is 0.346 e. The number of thiophene rings is 1. The first-order valence-corrected chi connectivity index (χ1v) is 9.14. The molecule has 5 nitrogen and oxygen atoms in total. The molecule has 2 N–H and O–H groups in total. The second kappa shape index (κ2) is 9.33. The zero-order valence-corrected chi connectivity index (χ0v) is 15.6. The summed E-state index contributed by atoms with van der Waals surface area (Å²) in [5, 5.41) is 11.8. The van der Waals surface area contributed by atoms with E-state index in [2.05, 4.69) is 25.2 Å². The maximum absolute atomic E-state index is 12.9. The molecule has 0 saturated carbocycles. The van der Waals surface area contributed by atoms with Gasteiger partial charge in [-0.2, -0.15) is 0 Å². The Kier molecular flexibility index (Phi) is 7.15. The number of aryl methyl sites for hydroxylation is 3. The second-order valence-corrected chi connectivity index (χ2v) is 7.46. The van der Waals surface area contributed by atoms with Gasteiger partial charge in [0.25, 0.3) is 0 Å². The molecule has 1 aromatic heterocycles. The maximum atomic E-state index is 12.9. The number of carbonyl (C=O) groups is 2. The number of carbonyl (C=O) groups excluding carboxylic acids is 1. The standard InChI is InChI=1S/C19H22FNO4S/c1-12-10-14(13(2)26-12)4-3-5-18(22)21-11-17(19(23)24)25-16-8-6-15(20)7-9-16/h6-10,17H,3-5,11H2,1-2H3,(H,21,22)(H,23,24). The summed E-state index contributed by atoms with van der Waals surface area (Å²) in [6.45, 7) is 3.97. The van der Waals surface area contributed by atoms with Crippen LogP contribution in [0, 0.1) is 19.7 Å². The number of hydrogen-bond acceptors (Lipinski definition) is 4. The van der Waals surface area contributed by atoms with Gasteiger partial charge in [-0.15, -0.1) is 11.3 Å². The lowest BCUT2D eigenvalue weighted by Gasteiger charge is -2.16. The van der Waals surface area contributed by atoms with E-state index in [4.69, 9.17) is 4.74 Å². The minimum Gasteiger partial charge on any atom is -0.478 e. The number of carboxylic acids is 1. The highest BCUT2D eigenvalue weighted by Gasteiger charge is 2.20. The SMILES string of the molecule is Cc1cc(CCCC(=O)NCC(Oc2ccc(F)cc2)C(=O)O)c(C)s1. The van der Waals surface area contributed by atoms with Crippen molar-refractivity contribution in [2.75, 3.05) is 6.54 Å². The number of hydrogen-bond donors (Lipinski definition) is 2. The third-order valence-electron chi connectivity index (χ3n) is 3.85. The molecule has 0 aliphatic heterocycles. The highest BCUT2D eigenvalue weighted by atomic mass is 32.1. The third-order valence-corrected chi connectivity index (χ3v) is 4.85. The fourth-order valence-corrected chi connectivity index (χ4v) is 3.50. The molecular weight excluding hydrogens is 357 g/mol. The van der Waals surface area contributed by atoms with E-state index in [1.165, 1.54) is 39.6 Å². The average Bonchev–Trinajstić information content (AvgIpc) is 2.90. The summed E-state index contributed by atoms with van der Waals surface area (Å²) in [6, 6.07) is 7.19. The summed E-state index contributed by atoms with van der Waals surface area (Å²) in [5.74, 6) is -1.62. The highest BCUT2D eigenvalue weighted by Crippen LogP contribution is 2.22. The molecule has 0 radical (unpaired) electrons. The second-order valence-electron chi connectivity index (χ2n) is 5.99. The molecule has 140 valence electrons. The van der Waals surface area contributed by atoms with Gasteiger partial charge in [0, 0.05) is 16.2 Å². The first-order valence-electron chi connectivity index (χ1n) is 8.33. The lowest BCUT2D eigenvalue weighted by molar-refractivity contribution is -0.145. The van der Waals surface area contributed by atoms with E-state index in [1.807, 2.05) is 0 Å². The van der Waals surface area contributed by atoms with Crippen LogP contribution in [0.5, 0.6) is 5.75 Å². The van der Waals surface area contributed by atoms with Crippen LogP contribution in [-0.4, -0.2) is 29.6 Å². The third kappa shape index (κ3) is 6.15. The van der Waals surface area contributed by atoms with Crippen molar-refractivity contribution in [3.05, 3.63) is 51.5 Å². The number of rotatable bonds is 9. The molecule has 1 unspecified atom stereocenters. The van der Waals surface area contributed by atoms with Gasteiger partial charge in [0.1, 0.15) is 11.6 Å². The molecule has 0 aliphatic rings. The minimum atomic E-state index is -1.23. The number of amides is 1. The molecule has 26 heavy (non-hydrogen) atoms. The van der Waals surface area contributed by atoms with E-state index in [9.17, 15) is 19.1 Å². The molecule has 1 aromatic carbocycles. The summed E-state index contributed by atoms with van der Waals surface area (Å²) in [4.78, 5) is 25.7. The number of benzene rings is 1. The molecule has 0 saturated heterocycles. The Labute approximate surface area is 155 Å². The summed E-state index contributed by atoms with van der Waals surface area (Å²) in [6.07, 6.45) is 0.598. The first kappa shape index (κ1) is 19.9. The minimum absolute atomic E-state index is 0.151. The van der Waals surface area contributed by atoms with Crippen LogP contribution in [0.15, 0.2) is 30.3 Å². The molecule has 1 heterocycles. The van der Waals surface area contributed by atoms with Crippen LogP contribution >= 0.6 is 11.3 Å². The van der Waals surface area contributed by atoms with Crippen molar-refractivity contribution in [2.45, 2.75) is 39.2 Å². The zero-order chi connectivity index (χ0) is 19.1. The van der Waals surface area contributed by atoms with Crippen molar-refractivity contribution in [1.82, 2.24) is 5.32 Å². The molecule has 2 rings (SSSR count).